The van der Waals surface area contributed by atoms with Crippen LogP contribution in [0, 0.1) is 5.92 Å². The number of carbonyl (C=O) groups excluding carboxylic acids is 1. The first-order valence-electron chi connectivity index (χ1n) is 20.8. The van der Waals surface area contributed by atoms with Crippen molar-refractivity contribution in [3.05, 3.63) is 0 Å². The minimum atomic E-state index is 0.0104. The van der Waals surface area contributed by atoms with E-state index < -0.39 is 0 Å². The number of aliphatic hydroxyl groups is 1. The van der Waals surface area contributed by atoms with Gasteiger partial charge in [0.2, 0.25) is 0 Å². The SMILES string of the molecule is CC(C)CCCCCCCCCCCCCCCO.CCCCCCCCCCCCCCCCOC(=O)CCCCCCC. The zero-order valence-electron chi connectivity index (χ0n) is 31.8. The number of hydrogen-bond acceptors (Lipinski definition) is 3. The number of unbranched alkanes of at least 4 members (excludes halogenated alkanes) is 29. The number of ether oxygens (including phenoxy) is 1. The highest BCUT2D eigenvalue weighted by atomic mass is 16.5. The van der Waals surface area contributed by atoms with E-state index in [-0.39, 0.29) is 5.97 Å². The minimum Gasteiger partial charge on any atom is -0.466 e. The van der Waals surface area contributed by atoms with Crippen LogP contribution >= 0.6 is 0 Å². The van der Waals surface area contributed by atoms with Gasteiger partial charge in [-0.3, -0.25) is 4.79 Å². The Labute approximate surface area is 285 Å². The lowest BCUT2D eigenvalue weighted by Gasteiger charge is -2.05. The van der Waals surface area contributed by atoms with Gasteiger partial charge in [0.15, 0.2) is 0 Å². The number of rotatable bonds is 36. The molecule has 1 N–H and O–H groups in total. The van der Waals surface area contributed by atoms with E-state index in [1.165, 1.54) is 193 Å². The summed E-state index contributed by atoms with van der Waals surface area (Å²) in [4.78, 5) is 11.6. The lowest BCUT2D eigenvalue weighted by Crippen LogP contribution is -2.05. The van der Waals surface area contributed by atoms with Gasteiger partial charge in [0, 0.05) is 13.0 Å². The van der Waals surface area contributed by atoms with Crippen molar-refractivity contribution in [3.8, 4) is 0 Å². The molecule has 272 valence electrons. The highest BCUT2D eigenvalue weighted by Crippen LogP contribution is 2.15. The second-order valence-corrected chi connectivity index (χ2v) is 14.5. The molecule has 0 spiro atoms. The number of carbonyl (C=O) groups is 1. The summed E-state index contributed by atoms with van der Waals surface area (Å²) in [5.74, 6) is 0.897. The Kier molecular flexibility index (Phi) is 44.9. The van der Waals surface area contributed by atoms with Gasteiger partial charge >= 0.3 is 5.97 Å². The number of hydrogen-bond donors (Lipinski definition) is 1. The molecule has 45 heavy (non-hydrogen) atoms. The van der Waals surface area contributed by atoms with Crippen LogP contribution in [0.1, 0.15) is 246 Å². The third-order valence-electron chi connectivity index (χ3n) is 9.18. The fourth-order valence-electron chi connectivity index (χ4n) is 6.04. The average Bonchev–Trinajstić information content (AvgIpc) is 3.03. The van der Waals surface area contributed by atoms with E-state index in [0.29, 0.717) is 19.6 Å². The summed E-state index contributed by atoms with van der Waals surface area (Å²) in [5.41, 5.74) is 0. The molecule has 0 atom stereocenters. The van der Waals surface area contributed by atoms with Gasteiger partial charge in [0.1, 0.15) is 0 Å². The highest BCUT2D eigenvalue weighted by Gasteiger charge is 2.02. The number of aliphatic hydroxyl groups excluding tert-OH is 1. The lowest BCUT2D eigenvalue weighted by atomic mass is 10.0. The molecular weight excluding hydrogens is 552 g/mol. The van der Waals surface area contributed by atoms with E-state index in [1.807, 2.05) is 0 Å². The summed E-state index contributed by atoms with van der Waals surface area (Å²) in [6.07, 6.45) is 44.9. The van der Waals surface area contributed by atoms with Crippen LogP contribution in [0.15, 0.2) is 0 Å². The van der Waals surface area contributed by atoms with E-state index >= 15 is 0 Å². The summed E-state index contributed by atoms with van der Waals surface area (Å²) in [6, 6.07) is 0. The Morgan fingerprint density at radius 2 is 0.756 bits per heavy atom. The van der Waals surface area contributed by atoms with E-state index in [4.69, 9.17) is 9.84 Å². The van der Waals surface area contributed by atoms with Crippen LogP contribution in [0.2, 0.25) is 0 Å². The quantitative estimate of drug-likeness (QED) is 0.0548. The summed E-state index contributed by atoms with van der Waals surface area (Å²) < 4.78 is 5.32. The van der Waals surface area contributed by atoms with Crippen molar-refractivity contribution in [2.24, 2.45) is 5.92 Å². The third-order valence-corrected chi connectivity index (χ3v) is 9.18. The molecule has 0 heterocycles. The Morgan fingerprint density at radius 1 is 0.444 bits per heavy atom. The molecular formula is C42H86O3. The van der Waals surface area contributed by atoms with Crippen molar-refractivity contribution < 1.29 is 14.6 Å². The van der Waals surface area contributed by atoms with Crippen molar-refractivity contribution in [2.75, 3.05) is 13.2 Å². The van der Waals surface area contributed by atoms with Crippen LogP contribution in [-0.2, 0) is 9.53 Å². The van der Waals surface area contributed by atoms with E-state index in [1.54, 1.807) is 0 Å². The van der Waals surface area contributed by atoms with Gasteiger partial charge in [0.05, 0.1) is 6.61 Å². The molecule has 0 rings (SSSR count). The molecule has 0 amide bonds. The summed E-state index contributed by atoms with van der Waals surface area (Å²) in [7, 11) is 0. The van der Waals surface area contributed by atoms with Crippen molar-refractivity contribution in [3.63, 3.8) is 0 Å². The van der Waals surface area contributed by atoms with Crippen LogP contribution in [0.25, 0.3) is 0 Å². The number of esters is 1. The molecule has 0 radical (unpaired) electrons. The summed E-state index contributed by atoms with van der Waals surface area (Å²) >= 11 is 0. The summed E-state index contributed by atoms with van der Waals surface area (Å²) in [6.45, 7) is 10.1. The molecule has 0 aromatic rings. The van der Waals surface area contributed by atoms with Gasteiger partial charge in [-0.1, -0.05) is 220 Å². The first-order chi connectivity index (χ1) is 22.1. The van der Waals surface area contributed by atoms with Crippen LogP contribution in [-0.4, -0.2) is 24.3 Å². The summed E-state index contributed by atoms with van der Waals surface area (Å²) in [5, 5.41) is 8.67. The Bertz CT molecular complexity index is 518. The first kappa shape index (κ1) is 46.5. The van der Waals surface area contributed by atoms with E-state index in [2.05, 4.69) is 27.7 Å². The minimum absolute atomic E-state index is 0.0104. The van der Waals surface area contributed by atoms with Crippen molar-refractivity contribution in [1.82, 2.24) is 0 Å². The molecule has 3 nitrogen and oxygen atoms in total. The predicted molar refractivity (Wildman–Crippen MR) is 201 cm³/mol. The molecule has 0 aliphatic heterocycles. The molecule has 0 aromatic heterocycles. The molecule has 0 saturated heterocycles. The van der Waals surface area contributed by atoms with Gasteiger partial charge in [-0.05, 0) is 25.2 Å². The van der Waals surface area contributed by atoms with Crippen molar-refractivity contribution in [1.29, 1.82) is 0 Å². The molecule has 0 aliphatic carbocycles. The van der Waals surface area contributed by atoms with Crippen LogP contribution < -0.4 is 0 Å². The second kappa shape index (κ2) is 43.4. The average molecular weight is 639 g/mol. The van der Waals surface area contributed by atoms with Crippen LogP contribution in [0.5, 0.6) is 0 Å². The Balaban J connectivity index is 0. The Hall–Kier alpha value is -0.570. The van der Waals surface area contributed by atoms with Gasteiger partial charge < -0.3 is 9.84 Å². The molecule has 0 bridgehead atoms. The Morgan fingerprint density at radius 3 is 1.11 bits per heavy atom. The molecule has 0 saturated carbocycles. The highest BCUT2D eigenvalue weighted by molar-refractivity contribution is 5.69. The molecule has 3 heteroatoms. The van der Waals surface area contributed by atoms with Gasteiger partial charge in [0.25, 0.3) is 0 Å². The maximum atomic E-state index is 11.6. The normalized spacial score (nSPS) is 11.2. The maximum absolute atomic E-state index is 11.6. The predicted octanol–water partition coefficient (Wildman–Crippen LogP) is 14.5. The standard InChI is InChI=1S/C24H48O2.C18H38O/c1-3-5-7-9-10-11-12-13-14-15-16-17-19-21-23-26-24(25)22-20-18-8-6-4-2;1-18(2)16-14-12-10-8-6-4-3-5-7-9-11-13-15-17-19/h3-23H2,1-2H3;18-19H,3-17H2,1-2H3. The fourth-order valence-corrected chi connectivity index (χ4v) is 6.04. The van der Waals surface area contributed by atoms with E-state index in [0.717, 1.165) is 25.2 Å². The second-order valence-electron chi connectivity index (χ2n) is 14.5. The molecule has 0 unspecified atom stereocenters. The molecule has 0 aliphatic rings. The zero-order chi connectivity index (χ0) is 33.3. The van der Waals surface area contributed by atoms with Crippen LogP contribution in [0.3, 0.4) is 0 Å². The van der Waals surface area contributed by atoms with Crippen molar-refractivity contribution in [2.45, 2.75) is 246 Å². The van der Waals surface area contributed by atoms with Crippen LogP contribution in [0.4, 0.5) is 0 Å². The van der Waals surface area contributed by atoms with E-state index in [9.17, 15) is 4.79 Å². The monoisotopic (exact) mass is 639 g/mol. The topological polar surface area (TPSA) is 46.5 Å². The van der Waals surface area contributed by atoms with Gasteiger partial charge in [-0.25, -0.2) is 0 Å². The fraction of sp³-hybridized carbons (Fsp3) is 0.976. The third kappa shape index (κ3) is 47.9. The maximum Gasteiger partial charge on any atom is 0.305 e. The van der Waals surface area contributed by atoms with Gasteiger partial charge in [-0.2, -0.15) is 0 Å². The smallest absolute Gasteiger partial charge is 0.305 e. The molecule has 0 fully saturated rings. The van der Waals surface area contributed by atoms with Crippen molar-refractivity contribution >= 4 is 5.97 Å². The molecule has 0 aromatic carbocycles. The van der Waals surface area contributed by atoms with Gasteiger partial charge in [-0.15, -0.1) is 0 Å². The lowest BCUT2D eigenvalue weighted by molar-refractivity contribution is -0.143. The first-order valence-corrected chi connectivity index (χ1v) is 20.8. The largest absolute Gasteiger partial charge is 0.466 e. The zero-order valence-corrected chi connectivity index (χ0v) is 31.8.